The highest BCUT2D eigenvalue weighted by Crippen LogP contribution is 2.37. The molecule has 0 aliphatic carbocycles. The van der Waals surface area contributed by atoms with Crippen LogP contribution in [0.1, 0.15) is 43.9 Å². The number of rotatable bonds is 9. The Hall–Kier alpha value is -3.53. The van der Waals surface area contributed by atoms with Crippen LogP contribution in [0.3, 0.4) is 0 Å². The zero-order valence-corrected chi connectivity index (χ0v) is 19.7. The molecule has 170 valence electrons. The lowest BCUT2D eigenvalue weighted by atomic mass is 10.0. The van der Waals surface area contributed by atoms with Gasteiger partial charge in [0, 0.05) is 31.0 Å². The second-order valence-electron chi connectivity index (χ2n) is 8.44. The molecule has 1 aliphatic rings. The van der Waals surface area contributed by atoms with Gasteiger partial charge in [-0.1, -0.05) is 81.1 Å². The van der Waals surface area contributed by atoms with Crippen LogP contribution < -0.4 is 15.1 Å². The van der Waals surface area contributed by atoms with E-state index in [1.807, 2.05) is 6.07 Å². The molecule has 1 N–H and O–H groups in total. The highest BCUT2D eigenvalue weighted by molar-refractivity contribution is 5.96. The van der Waals surface area contributed by atoms with Gasteiger partial charge in [-0.25, -0.2) is 4.99 Å². The van der Waals surface area contributed by atoms with Crippen LogP contribution in [0.5, 0.6) is 0 Å². The Bertz CT molecular complexity index is 1050. The maximum Gasteiger partial charge on any atom is 0.132 e. The van der Waals surface area contributed by atoms with Gasteiger partial charge in [0.05, 0.1) is 0 Å². The van der Waals surface area contributed by atoms with Crippen LogP contribution in [0.2, 0.25) is 0 Å². The number of nitrogens with zero attached hydrogens (tertiary/aromatic N) is 3. The molecule has 0 aromatic heterocycles. The topological polar surface area (TPSA) is 30.9 Å². The van der Waals surface area contributed by atoms with Crippen LogP contribution in [0.4, 0.5) is 11.4 Å². The van der Waals surface area contributed by atoms with Gasteiger partial charge in [0.2, 0.25) is 0 Å². The van der Waals surface area contributed by atoms with E-state index in [-0.39, 0.29) is 6.04 Å². The first-order chi connectivity index (χ1) is 16.2. The molecule has 1 unspecified atom stereocenters. The second-order valence-corrected chi connectivity index (χ2v) is 8.44. The van der Waals surface area contributed by atoms with Gasteiger partial charge in [-0.15, -0.1) is 0 Å². The van der Waals surface area contributed by atoms with Gasteiger partial charge in [-0.2, -0.15) is 0 Å². The predicted molar refractivity (Wildman–Crippen MR) is 141 cm³/mol. The number of anilines is 2. The number of hydrogen-bond acceptors (Lipinski definition) is 4. The zero-order chi connectivity index (χ0) is 23.0. The number of aliphatic imine (C=N–C) groups is 1. The second kappa shape index (κ2) is 10.9. The molecule has 4 rings (SSSR count). The monoisotopic (exact) mass is 438 g/mol. The van der Waals surface area contributed by atoms with Crippen LogP contribution in [0, 0.1) is 0 Å². The number of benzene rings is 3. The number of nitrogens with one attached hydrogen (secondary N) is 1. The zero-order valence-electron chi connectivity index (χ0n) is 19.7. The van der Waals surface area contributed by atoms with Crippen molar-refractivity contribution in [2.45, 2.75) is 39.3 Å². The van der Waals surface area contributed by atoms with Crippen LogP contribution >= 0.6 is 0 Å². The average molecular weight is 439 g/mol. The van der Waals surface area contributed by atoms with E-state index in [0.29, 0.717) is 0 Å². The molecule has 4 nitrogen and oxygen atoms in total. The van der Waals surface area contributed by atoms with E-state index >= 15 is 0 Å². The molecule has 0 saturated heterocycles. The third kappa shape index (κ3) is 5.28. The third-order valence-electron chi connectivity index (χ3n) is 5.96. The highest BCUT2D eigenvalue weighted by atomic mass is 15.3. The predicted octanol–water partition coefficient (Wildman–Crippen LogP) is 6.53. The fraction of sp³-hybridized carbons (Fsp3) is 0.276. The van der Waals surface area contributed by atoms with Crippen molar-refractivity contribution in [3.8, 4) is 0 Å². The molecule has 0 spiro atoms. The van der Waals surface area contributed by atoms with Gasteiger partial charge in [0.15, 0.2) is 0 Å². The van der Waals surface area contributed by atoms with Crippen molar-refractivity contribution < 1.29 is 0 Å². The van der Waals surface area contributed by atoms with E-state index in [1.54, 1.807) is 0 Å². The van der Waals surface area contributed by atoms with Gasteiger partial charge in [-0.3, -0.25) is 0 Å². The lowest BCUT2D eigenvalue weighted by Gasteiger charge is -2.29. The van der Waals surface area contributed by atoms with Crippen LogP contribution in [0.15, 0.2) is 102 Å². The largest absolute Gasteiger partial charge is 0.372 e. The minimum Gasteiger partial charge on any atom is -0.372 e. The molecule has 33 heavy (non-hydrogen) atoms. The van der Waals surface area contributed by atoms with Crippen molar-refractivity contribution in [2.24, 2.45) is 4.99 Å². The molecular weight excluding hydrogens is 404 g/mol. The van der Waals surface area contributed by atoms with Crippen LogP contribution in [-0.2, 0) is 6.54 Å². The summed E-state index contributed by atoms with van der Waals surface area (Å²) in [5.41, 5.74) is 4.79. The van der Waals surface area contributed by atoms with Crippen molar-refractivity contribution in [3.05, 3.63) is 108 Å². The quantitative estimate of drug-likeness (QED) is 0.412. The smallest absolute Gasteiger partial charge is 0.132 e. The molecule has 4 heteroatoms. The summed E-state index contributed by atoms with van der Waals surface area (Å²) in [6.45, 7) is 11.6. The molecule has 1 heterocycles. The van der Waals surface area contributed by atoms with Crippen LogP contribution in [-0.4, -0.2) is 18.9 Å². The third-order valence-corrected chi connectivity index (χ3v) is 5.96. The van der Waals surface area contributed by atoms with E-state index in [9.17, 15) is 0 Å². The molecule has 0 fully saturated rings. The van der Waals surface area contributed by atoms with Gasteiger partial charge in [-0.05, 0) is 48.2 Å². The molecule has 3 aromatic rings. The fourth-order valence-electron chi connectivity index (χ4n) is 4.42. The van der Waals surface area contributed by atoms with Gasteiger partial charge >= 0.3 is 0 Å². The lowest BCUT2D eigenvalue weighted by molar-refractivity contribution is 0.745. The molecule has 0 radical (unpaired) electrons. The molecular formula is C29H34N4. The maximum atomic E-state index is 4.86. The highest BCUT2D eigenvalue weighted by Gasteiger charge is 2.33. The Labute approximate surface area is 198 Å². The van der Waals surface area contributed by atoms with Crippen molar-refractivity contribution >= 4 is 17.2 Å². The molecule has 3 aromatic carbocycles. The van der Waals surface area contributed by atoms with Crippen LogP contribution in [0.25, 0.3) is 0 Å². The first-order valence-electron chi connectivity index (χ1n) is 12.0. The van der Waals surface area contributed by atoms with Crippen molar-refractivity contribution in [3.63, 3.8) is 0 Å². The summed E-state index contributed by atoms with van der Waals surface area (Å²) >= 11 is 0. The van der Waals surface area contributed by atoms with Crippen molar-refractivity contribution in [1.82, 2.24) is 5.32 Å². The van der Waals surface area contributed by atoms with E-state index in [1.165, 1.54) is 16.8 Å². The Morgan fingerprint density at radius 3 is 2.06 bits per heavy atom. The van der Waals surface area contributed by atoms with E-state index in [0.717, 1.165) is 49.8 Å². The summed E-state index contributed by atoms with van der Waals surface area (Å²) in [6.07, 6.45) is 2.29. The fourth-order valence-corrected chi connectivity index (χ4v) is 4.42. The lowest BCUT2D eigenvalue weighted by Crippen LogP contribution is -2.34. The Balaban J connectivity index is 1.60. The minimum atomic E-state index is -0.0318. The molecule has 1 aliphatic heterocycles. The molecule has 0 amide bonds. The van der Waals surface area contributed by atoms with Crippen molar-refractivity contribution in [2.75, 3.05) is 22.9 Å². The SMILES string of the molecule is C=C1N=C(NCc2ccccc2)C(c2ccccc2)N1c1ccc(N(CCC)CCC)cc1. The van der Waals surface area contributed by atoms with Gasteiger partial charge < -0.3 is 15.1 Å². The Kier molecular flexibility index (Phi) is 7.46. The Morgan fingerprint density at radius 2 is 1.45 bits per heavy atom. The molecule has 1 atom stereocenters. The van der Waals surface area contributed by atoms with E-state index < -0.39 is 0 Å². The average Bonchev–Trinajstić information content (AvgIpc) is 3.20. The summed E-state index contributed by atoms with van der Waals surface area (Å²) in [5, 5.41) is 3.58. The number of amidine groups is 1. The maximum absolute atomic E-state index is 4.86. The summed E-state index contributed by atoms with van der Waals surface area (Å²) in [7, 11) is 0. The molecule has 0 saturated carbocycles. The van der Waals surface area contributed by atoms with Gasteiger partial charge in [0.1, 0.15) is 17.7 Å². The van der Waals surface area contributed by atoms with E-state index in [2.05, 4.69) is 114 Å². The van der Waals surface area contributed by atoms with E-state index in [4.69, 9.17) is 4.99 Å². The standard InChI is InChI=1S/C29H34N4/c1-4-20-32(21-5-2)26-16-18-27(19-17-26)33-23(3)31-29(28(33)25-14-10-7-11-15-25)30-22-24-12-8-6-9-13-24/h6-19,28H,3-5,20-22H2,1-2H3,(H,30,31). The summed E-state index contributed by atoms with van der Waals surface area (Å²) < 4.78 is 0. The normalized spacial score (nSPS) is 15.5. The summed E-state index contributed by atoms with van der Waals surface area (Å²) in [4.78, 5) is 9.55. The summed E-state index contributed by atoms with van der Waals surface area (Å²) in [6, 6.07) is 29.8. The van der Waals surface area contributed by atoms with Crippen molar-refractivity contribution in [1.29, 1.82) is 0 Å². The summed E-state index contributed by atoms with van der Waals surface area (Å²) in [5.74, 6) is 1.68. The Morgan fingerprint density at radius 1 is 0.848 bits per heavy atom. The molecule has 0 bridgehead atoms. The first-order valence-corrected chi connectivity index (χ1v) is 12.0. The van der Waals surface area contributed by atoms with Gasteiger partial charge in [0.25, 0.3) is 0 Å². The minimum absolute atomic E-state index is 0.0318. The first kappa shape index (κ1) is 22.7. The number of hydrogen-bond donors (Lipinski definition) is 1.